The van der Waals surface area contributed by atoms with Crippen LogP contribution in [-0.4, -0.2) is 41.0 Å². The van der Waals surface area contributed by atoms with E-state index in [4.69, 9.17) is 16.3 Å². The maximum atomic E-state index is 12.2. The molecule has 0 radical (unpaired) electrons. The normalized spacial score (nSPS) is 21.0. The van der Waals surface area contributed by atoms with Crippen molar-refractivity contribution in [3.05, 3.63) is 29.3 Å². The lowest BCUT2D eigenvalue weighted by molar-refractivity contribution is -0.117. The van der Waals surface area contributed by atoms with Crippen LogP contribution in [0.3, 0.4) is 0 Å². The number of rotatable bonds is 1. The summed E-state index contributed by atoms with van der Waals surface area (Å²) >= 11 is 6.08. The molecule has 1 fully saturated rings. The van der Waals surface area contributed by atoms with Crippen molar-refractivity contribution in [1.82, 2.24) is 4.90 Å². The zero-order valence-electron chi connectivity index (χ0n) is 14.3. The summed E-state index contributed by atoms with van der Waals surface area (Å²) in [5.41, 5.74) is 2.69. The number of ether oxygens (including phenoxy) is 1. The highest BCUT2D eigenvalue weighted by Gasteiger charge is 2.30. The molecule has 2 amide bonds. The first-order valence-electron chi connectivity index (χ1n) is 8.27. The van der Waals surface area contributed by atoms with E-state index in [1.165, 1.54) is 5.56 Å². The van der Waals surface area contributed by atoms with Gasteiger partial charge in [-0.25, -0.2) is 4.79 Å². The molecule has 0 spiro atoms. The Morgan fingerprint density at radius 2 is 2.04 bits per heavy atom. The van der Waals surface area contributed by atoms with Gasteiger partial charge < -0.3 is 14.5 Å². The van der Waals surface area contributed by atoms with Crippen LogP contribution in [0.2, 0.25) is 0 Å². The quantitative estimate of drug-likeness (QED) is 0.730. The second-order valence-corrected chi connectivity index (χ2v) is 8.03. The van der Waals surface area contributed by atoms with E-state index in [-0.39, 0.29) is 17.4 Å². The molecule has 0 aliphatic carbocycles. The third-order valence-electron chi connectivity index (χ3n) is 4.24. The molecule has 0 aromatic heterocycles. The minimum atomic E-state index is -0.491. The van der Waals surface area contributed by atoms with Gasteiger partial charge in [-0.2, -0.15) is 0 Å². The van der Waals surface area contributed by atoms with Crippen molar-refractivity contribution in [2.24, 2.45) is 0 Å². The number of alkyl halides is 1. The Hall–Kier alpha value is -1.75. The molecule has 2 aliphatic rings. The van der Waals surface area contributed by atoms with Gasteiger partial charge in [0.15, 0.2) is 0 Å². The van der Waals surface area contributed by atoms with Gasteiger partial charge in [0.05, 0.1) is 5.38 Å². The van der Waals surface area contributed by atoms with Gasteiger partial charge in [0, 0.05) is 31.7 Å². The summed E-state index contributed by atoms with van der Waals surface area (Å²) in [7, 11) is 0. The van der Waals surface area contributed by atoms with Crippen LogP contribution in [-0.2, 0) is 22.5 Å². The van der Waals surface area contributed by atoms with Crippen LogP contribution >= 0.6 is 11.6 Å². The SMILES string of the molecule is CC(C)(C)OC(=O)N1CCc2cc(N3CC(Cl)CC3=O)ccc2C1. The summed E-state index contributed by atoms with van der Waals surface area (Å²) in [4.78, 5) is 27.7. The first kappa shape index (κ1) is 17.1. The number of hydrogen-bond donors (Lipinski definition) is 0. The highest BCUT2D eigenvalue weighted by molar-refractivity contribution is 6.24. The lowest BCUT2D eigenvalue weighted by Gasteiger charge is -2.31. The van der Waals surface area contributed by atoms with E-state index in [1.807, 2.05) is 32.9 Å². The predicted octanol–water partition coefficient (Wildman–Crippen LogP) is 3.32. The van der Waals surface area contributed by atoms with Crippen LogP contribution in [0, 0.1) is 0 Å². The van der Waals surface area contributed by atoms with Gasteiger partial charge in [-0.1, -0.05) is 6.07 Å². The molecular formula is C18H23ClN2O3. The zero-order valence-corrected chi connectivity index (χ0v) is 15.1. The van der Waals surface area contributed by atoms with Gasteiger partial charge >= 0.3 is 6.09 Å². The molecule has 6 heteroatoms. The third kappa shape index (κ3) is 3.66. The molecular weight excluding hydrogens is 328 g/mol. The summed E-state index contributed by atoms with van der Waals surface area (Å²) in [6.07, 6.45) is 0.872. The van der Waals surface area contributed by atoms with E-state index < -0.39 is 5.60 Å². The van der Waals surface area contributed by atoms with Crippen LogP contribution < -0.4 is 4.90 Å². The second kappa shape index (κ2) is 6.28. The molecule has 5 nitrogen and oxygen atoms in total. The molecule has 1 unspecified atom stereocenters. The van der Waals surface area contributed by atoms with E-state index in [1.54, 1.807) is 9.80 Å². The summed E-state index contributed by atoms with van der Waals surface area (Å²) in [5.74, 6) is 0.0705. The number of halogens is 1. The van der Waals surface area contributed by atoms with Crippen molar-refractivity contribution >= 4 is 29.3 Å². The van der Waals surface area contributed by atoms with E-state index in [9.17, 15) is 9.59 Å². The van der Waals surface area contributed by atoms with Gasteiger partial charge in [-0.15, -0.1) is 11.6 Å². The number of amides is 2. The fourth-order valence-corrected chi connectivity index (χ4v) is 3.37. The molecule has 2 aliphatic heterocycles. The van der Waals surface area contributed by atoms with Crippen LogP contribution in [0.1, 0.15) is 38.3 Å². The molecule has 3 rings (SSSR count). The van der Waals surface area contributed by atoms with Crippen molar-refractivity contribution in [2.45, 2.75) is 51.1 Å². The Morgan fingerprint density at radius 1 is 1.29 bits per heavy atom. The molecule has 0 saturated carbocycles. The number of nitrogens with zero attached hydrogens (tertiary/aromatic N) is 2. The molecule has 1 saturated heterocycles. The molecule has 1 aromatic rings. The number of benzene rings is 1. The Balaban J connectivity index is 1.73. The highest BCUT2D eigenvalue weighted by atomic mass is 35.5. The monoisotopic (exact) mass is 350 g/mol. The molecule has 24 heavy (non-hydrogen) atoms. The van der Waals surface area contributed by atoms with Crippen molar-refractivity contribution < 1.29 is 14.3 Å². The topological polar surface area (TPSA) is 49.9 Å². The van der Waals surface area contributed by atoms with Crippen molar-refractivity contribution in [3.8, 4) is 0 Å². The van der Waals surface area contributed by atoms with Crippen LogP contribution in [0.5, 0.6) is 0 Å². The lowest BCUT2D eigenvalue weighted by atomic mass is 9.99. The summed E-state index contributed by atoms with van der Waals surface area (Å²) < 4.78 is 5.44. The minimum Gasteiger partial charge on any atom is -0.444 e. The van der Waals surface area contributed by atoms with E-state index in [0.29, 0.717) is 26.1 Å². The first-order valence-corrected chi connectivity index (χ1v) is 8.71. The van der Waals surface area contributed by atoms with Gasteiger partial charge in [-0.05, 0) is 50.5 Å². The fourth-order valence-electron chi connectivity index (χ4n) is 3.10. The standard InChI is InChI=1S/C18H23ClN2O3/c1-18(2,3)24-17(23)20-7-6-12-8-15(5-4-13(12)10-20)21-11-14(19)9-16(21)22/h4-5,8,14H,6-7,9-11H2,1-3H3. The smallest absolute Gasteiger partial charge is 0.410 e. The molecule has 0 bridgehead atoms. The Morgan fingerprint density at radius 3 is 2.67 bits per heavy atom. The zero-order chi connectivity index (χ0) is 17.5. The molecule has 1 aromatic carbocycles. The van der Waals surface area contributed by atoms with Gasteiger partial charge in [0.1, 0.15) is 5.60 Å². The first-order chi connectivity index (χ1) is 11.2. The average Bonchev–Trinajstić information content (AvgIpc) is 2.83. The molecule has 130 valence electrons. The average molecular weight is 351 g/mol. The summed E-state index contributed by atoms with van der Waals surface area (Å²) in [6.45, 7) is 7.32. The van der Waals surface area contributed by atoms with Crippen LogP contribution in [0.15, 0.2) is 18.2 Å². The van der Waals surface area contributed by atoms with Crippen molar-refractivity contribution in [2.75, 3.05) is 18.0 Å². The van der Waals surface area contributed by atoms with E-state index in [0.717, 1.165) is 17.7 Å². The molecule has 0 N–H and O–H groups in total. The number of hydrogen-bond acceptors (Lipinski definition) is 3. The van der Waals surface area contributed by atoms with Gasteiger partial charge in [0.2, 0.25) is 5.91 Å². The van der Waals surface area contributed by atoms with Crippen LogP contribution in [0.25, 0.3) is 0 Å². The number of fused-ring (bicyclic) bond motifs is 1. The Kier molecular flexibility index (Phi) is 4.47. The highest BCUT2D eigenvalue weighted by Crippen LogP contribution is 2.29. The van der Waals surface area contributed by atoms with Gasteiger partial charge in [-0.3, -0.25) is 4.79 Å². The third-order valence-corrected chi connectivity index (χ3v) is 4.54. The van der Waals surface area contributed by atoms with E-state index in [2.05, 4.69) is 6.07 Å². The van der Waals surface area contributed by atoms with Crippen molar-refractivity contribution in [1.29, 1.82) is 0 Å². The maximum absolute atomic E-state index is 12.2. The number of carbonyl (C=O) groups is 2. The van der Waals surface area contributed by atoms with Gasteiger partial charge in [0.25, 0.3) is 0 Å². The van der Waals surface area contributed by atoms with Crippen molar-refractivity contribution in [3.63, 3.8) is 0 Å². The second-order valence-electron chi connectivity index (χ2n) is 7.41. The lowest BCUT2D eigenvalue weighted by Crippen LogP contribution is -2.40. The van der Waals surface area contributed by atoms with Crippen LogP contribution in [0.4, 0.5) is 10.5 Å². The predicted molar refractivity (Wildman–Crippen MR) is 93.4 cm³/mol. The number of anilines is 1. The summed E-state index contributed by atoms with van der Waals surface area (Å²) in [6, 6.07) is 5.98. The molecule has 1 atom stereocenters. The molecule has 2 heterocycles. The largest absolute Gasteiger partial charge is 0.444 e. The van der Waals surface area contributed by atoms with E-state index >= 15 is 0 Å². The fraction of sp³-hybridized carbons (Fsp3) is 0.556. The Labute approximate surface area is 147 Å². The maximum Gasteiger partial charge on any atom is 0.410 e. The number of carbonyl (C=O) groups excluding carboxylic acids is 2. The minimum absolute atomic E-state index is 0.0705. The summed E-state index contributed by atoms with van der Waals surface area (Å²) in [5, 5.41) is -0.115. The Bertz CT molecular complexity index is 669.